The van der Waals surface area contributed by atoms with Crippen molar-refractivity contribution in [3.63, 3.8) is 0 Å². The van der Waals surface area contributed by atoms with Gasteiger partial charge in [-0.25, -0.2) is 13.2 Å². The van der Waals surface area contributed by atoms with Gasteiger partial charge in [-0.1, -0.05) is 5.92 Å². The second-order valence-corrected chi connectivity index (χ2v) is 6.65. The Hall–Kier alpha value is -1.75. The highest BCUT2D eigenvalue weighted by molar-refractivity contribution is 7.91. The first-order chi connectivity index (χ1) is 8.75. The van der Waals surface area contributed by atoms with Crippen molar-refractivity contribution in [2.75, 3.05) is 18.1 Å². The van der Waals surface area contributed by atoms with Crippen LogP contribution in [0.1, 0.15) is 13.3 Å². The number of amides is 2. The van der Waals surface area contributed by atoms with E-state index in [1.165, 1.54) is 0 Å². The van der Waals surface area contributed by atoms with Crippen molar-refractivity contribution in [1.29, 1.82) is 0 Å². The van der Waals surface area contributed by atoms with Crippen molar-refractivity contribution >= 4 is 21.8 Å². The second-order valence-electron chi connectivity index (χ2n) is 4.42. The van der Waals surface area contributed by atoms with Gasteiger partial charge in [0.25, 0.3) is 0 Å². The van der Waals surface area contributed by atoms with Crippen LogP contribution >= 0.6 is 0 Å². The Morgan fingerprint density at radius 2 is 2.21 bits per heavy atom. The first-order valence-electron chi connectivity index (χ1n) is 5.70. The third kappa shape index (κ3) is 4.44. The Balaban J connectivity index is 2.81. The molecule has 1 saturated heterocycles. The highest BCUT2D eigenvalue weighted by atomic mass is 32.2. The number of carboxylic acid groups (broad SMARTS) is 1. The molecule has 1 aliphatic heterocycles. The van der Waals surface area contributed by atoms with Crippen LogP contribution in [0.25, 0.3) is 0 Å². The number of rotatable bonds is 4. The van der Waals surface area contributed by atoms with Gasteiger partial charge in [0.15, 0.2) is 9.84 Å². The normalized spacial score (nSPS) is 22.2. The Morgan fingerprint density at radius 3 is 2.63 bits per heavy atom. The molecule has 0 aromatic heterocycles. The fourth-order valence-corrected chi connectivity index (χ4v) is 3.57. The molecule has 0 saturated carbocycles. The van der Waals surface area contributed by atoms with Crippen LogP contribution in [0.5, 0.6) is 0 Å². The minimum Gasteiger partial charge on any atom is -0.480 e. The molecule has 106 valence electrons. The van der Waals surface area contributed by atoms with Gasteiger partial charge < -0.3 is 15.3 Å². The summed E-state index contributed by atoms with van der Waals surface area (Å²) in [4.78, 5) is 23.7. The van der Waals surface area contributed by atoms with E-state index in [1.54, 1.807) is 6.92 Å². The molecule has 1 rings (SSSR count). The summed E-state index contributed by atoms with van der Waals surface area (Å²) < 4.78 is 22.8. The minimum atomic E-state index is -3.20. The largest absolute Gasteiger partial charge is 0.480 e. The van der Waals surface area contributed by atoms with Gasteiger partial charge in [0.05, 0.1) is 17.5 Å². The molecule has 1 heterocycles. The van der Waals surface area contributed by atoms with Crippen molar-refractivity contribution < 1.29 is 23.1 Å². The zero-order chi connectivity index (χ0) is 14.6. The average molecular weight is 288 g/mol. The Kier molecular flexibility index (Phi) is 4.78. The lowest BCUT2D eigenvalue weighted by atomic mass is 10.2. The summed E-state index contributed by atoms with van der Waals surface area (Å²) in [6.45, 7) is 1.02. The number of carboxylic acids is 1. The predicted molar refractivity (Wildman–Crippen MR) is 68.2 cm³/mol. The topological polar surface area (TPSA) is 104 Å². The Bertz CT molecular complexity index is 508. The number of aliphatic carboxylic acids is 1. The maximum atomic E-state index is 11.9. The first-order valence-corrected chi connectivity index (χ1v) is 7.53. The second kappa shape index (κ2) is 5.93. The summed E-state index contributed by atoms with van der Waals surface area (Å²) in [5.74, 6) is 0.839. The van der Waals surface area contributed by atoms with E-state index in [2.05, 4.69) is 11.2 Å². The lowest BCUT2D eigenvalue weighted by molar-refractivity contribution is -0.138. The summed E-state index contributed by atoms with van der Waals surface area (Å²) in [5, 5.41) is 11.2. The molecule has 2 amide bonds. The number of terminal acetylenes is 1. The fourth-order valence-electron chi connectivity index (χ4n) is 1.84. The van der Waals surface area contributed by atoms with Crippen LogP contribution in [0, 0.1) is 12.3 Å². The maximum Gasteiger partial charge on any atom is 0.323 e. The Labute approximate surface area is 111 Å². The average Bonchev–Trinajstić information content (AvgIpc) is 2.65. The molecule has 0 aromatic rings. The van der Waals surface area contributed by atoms with Crippen molar-refractivity contribution in [3.05, 3.63) is 0 Å². The van der Waals surface area contributed by atoms with Crippen LogP contribution in [0.15, 0.2) is 0 Å². The lowest BCUT2D eigenvalue weighted by Gasteiger charge is -2.27. The summed E-state index contributed by atoms with van der Waals surface area (Å²) in [6, 6.07) is -1.83. The zero-order valence-electron chi connectivity index (χ0n) is 10.5. The molecule has 19 heavy (non-hydrogen) atoms. The van der Waals surface area contributed by atoms with Crippen LogP contribution in [0.4, 0.5) is 4.79 Å². The molecular formula is C11H16N2O5S. The minimum absolute atomic E-state index is 0.0360. The van der Waals surface area contributed by atoms with Gasteiger partial charge >= 0.3 is 12.0 Å². The summed E-state index contributed by atoms with van der Waals surface area (Å²) in [5.41, 5.74) is 0. The van der Waals surface area contributed by atoms with Gasteiger partial charge in [0, 0.05) is 6.04 Å². The van der Waals surface area contributed by atoms with Crippen LogP contribution in [-0.4, -0.2) is 60.6 Å². The van der Waals surface area contributed by atoms with Crippen molar-refractivity contribution in [1.82, 2.24) is 10.2 Å². The third-order valence-corrected chi connectivity index (χ3v) is 4.56. The van der Waals surface area contributed by atoms with Gasteiger partial charge in [0.2, 0.25) is 0 Å². The van der Waals surface area contributed by atoms with Crippen molar-refractivity contribution in [2.45, 2.75) is 25.4 Å². The van der Waals surface area contributed by atoms with E-state index in [4.69, 9.17) is 11.5 Å². The molecular weight excluding hydrogens is 272 g/mol. The lowest BCUT2D eigenvalue weighted by Crippen LogP contribution is -2.50. The summed E-state index contributed by atoms with van der Waals surface area (Å²) >= 11 is 0. The van der Waals surface area contributed by atoms with Gasteiger partial charge in [-0.05, 0) is 13.3 Å². The molecule has 1 aliphatic rings. The van der Waals surface area contributed by atoms with E-state index in [-0.39, 0.29) is 17.9 Å². The predicted octanol–water partition coefficient (Wildman–Crippen LogP) is -0.709. The number of sulfone groups is 1. The number of nitrogens with one attached hydrogen (secondary N) is 1. The highest BCUT2D eigenvalue weighted by Gasteiger charge is 2.35. The van der Waals surface area contributed by atoms with Crippen molar-refractivity contribution in [3.8, 4) is 12.3 Å². The van der Waals surface area contributed by atoms with Crippen LogP contribution in [0.2, 0.25) is 0 Å². The standard InChI is InChI=1S/C11H16N2O5S/c1-3-8(2)12-11(16)13(6-10(14)15)9-4-5-19(17,18)7-9/h1,8-9H,4-7H2,2H3,(H,12,16)(H,14,15). The molecule has 8 heteroatoms. The Morgan fingerprint density at radius 1 is 1.58 bits per heavy atom. The molecule has 0 radical (unpaired) electrons. The SMILES string of the molecule is C#CC(C)NC(=O)N(CC(=O)O)C1CCS(=O)(=O)C1. The number of hydrogen-bond donors (Lipinski definition) is 2. The number of hydrogen-bond acceptors (Lipinski definition) is 4. The first kappa shape index (κ1) is 15.3. The molecule has 2 N–H and O–H groups in total. The van der Waals surface area contributed by atoms with Gasteiger partial charge in [-0.3, -0.25) is 4.79 Å². The van der Waals surface area contributed by atoms with E-state index in [0.29, 0.717) is 0 Å². The van der Waals surface area contributed by atoms with E-state index < -0.39 is 40.5 Å². The fraction of sp³-hybridized carbons (Fsp3) is 0.636. The molecule has 2 atom stereocenters. The van der Waals surface area contributed by atoms with Gasteiger partial charge in [-0.2, -0.15) is 0 Å². The van der Waals surface area contributed by atoms with Crippen LogP contribution in [-0.2, 0) is 14.6 Å². The number of carbonyl (C=O) groups is 2. The number of nitrogens with zero attached hydrogens (tertiary/aromatic N) is 1. The molecule has 2 unspecified atom stereocenters. The zero-order valence-corrected chi connectivity index (χ0v) is 11.3. The molecule has 7 nitrogen and oxygen atoms in total. The number of urea groups is 1. The van der Waals surface area contributed by atoms with Crippen LogP contribution in [0.3, 0.4) is 0 Å². The quantitative estimate of drug-likeness (QED) is 0.665. The molecule has 0 bridgehead atoms. The molecule has 0 spiro atoms. The summed E-state index contributed by atoms with van der Waals surface area (Å²) in [7, 11) is -3.20. The maximum absolute atomic E-state index is 11.9. The molecule has 1 fully saturated rings. The highest BCUT2D eigenvalue weighted by Crippen LogP contribution is 2.17. The van der Waals surface area contributed by atoms with E-state index >= 15 is 0 Å². The number of carbonyl (C=O) groups excluding carboxylic acids is 1. The van der Waals surface area contributed by atoms with Crippen LogP contribution < -0.4 is 5.32 Å². The molecule has 0 aromatic carbocycles. The van der Waals surface area contributed by atoms with E-state index in [0.717, 1.165) is 4.90 Å². The molecule has 0 aliphatic carbocycles. The monoisotopic (exact) mass is 288 g/mol. The van der Waals surface area contributed by atoms with Gasteiger partial charge in [-0.15, -0.1) is 6.42 Å². The summed E-state index contributed by atoms with van der Waals surface area (Å²) in [6.07, 6.45) is 5.37. The van der Waals surface area contributed by atoms with E-state index in [1.807, 2.05) is 0 Å². The van der Waals surface area contributed by atoms with Crippen molar-refractivity contribution in [2.24, 2.45) is 0 Å². The third-order valence-electron chi connectivity index (χ3n) is 2.81. The van der Waals surface area contributed by atoms with E-state index in [9.17, 15) is 18.0 Å². The van der Waals surface area contributed by atoms with Gasteiger partial charge in [0.1, 0.15) is 6.54 Å². The smallest absolute Gasteiger partial charge is 0.323 e.